The summed E-state index contributed by atoms with van der Waals surface area (Å²) in [5.74, 6) is -2.42. The Morgan fingerprint density at radius 3 is 1.40 bits per heavy atom. The standard InChI is InChI=1S/C38H49ClN6O7/c1-51-23-21-44(35(47)25-41-33-15-13-32(39)14-16-33)28-37(49)43(20-18-31-11-7-4-8-12-31)27-38(50)45(22-24-52-2)29-36(48)42(26-34(40)46)19-17-30-9-5-3-6-10-30/h3-16,41H,17-29H2,1-2H3,(H2,40,46). The Bertz CT molecular complexity index is 1560. The minimum Gasteiger partial charge on any atom is -0.383 e. The van der Waals surface area contributed by atoms with Crippen molar-refractivity contribution in [1.82, 2.24) is 19.6 Å². The molecule has 13 nitrogen and oxygen atoms in total. The average Bonchev–Trinajstić information content (AvgIpc) is 3.15. The van der Waals surface area contributed by atoms with Gasteiger partial charge in [0.25, 0.3) is 0 Å². The molecule has 0 heterocycles. The zero-order valence-corrected chi connectivity index (χ0v) is 30.6. The number of methoxy groups -OCH3 is 2. The Labute approximate surface area is 310 Å². The fourth-order valence-electron chi connectivity index (χ4n) is 5.22. The highest BCUT2D eigenvalue weighted by molar-refractivity contribution is 6.30. The van der Waals surface area contributed by atoms with E-state index in [0.29, 0.717) is 23.6 Å². The number of rotatable bonds is 23. The molecule has 3 aromatic rings. The van der Waals surface area contributed by atoms with Gasteiger partial charge in [-0.15, -0.1) is 0 Å². The van der Waals surface area contributed by atoms with Crippen LogP contribution in [0.5, 0.6) is 0 Å². The van der Waals surface area contributed by atoms with Crippen LogP contribution < -0.4 is 11.1 Å². The zero-order valence-electron chi connectivity index (χ0n) is 29.9. The lowest BCUT2D eigenvalue weighted by molar-refractivity contribution is -0.146. The molecule has 0 fully saturated rings. The average molecular weight is 737 g/mol. The smallest absolute Gasteiger partial charge is 0.242 e. The van der Waals surface area contributed by atoms with Crippen molar-refractivity contribution >= 4 is 46.8 Å². The number of anilines is 1. The number of nitrogens with zero attached hydrogens (tertiary/aromatic N) is 4. The van der Waals surface area contributed by atoms with Gasteiger partial charge < -0.3 is 40.1 Å². The molecule has 0 radical (unpaired) electrons. The minimum atomic E-state index is -0.676. The Morgan fingerprint density at radius 1 is 0.577 bits per heavy atom. The summed E-state index contributed by atoms with van der Waals surface area (Å²) in [4.78, 5) is 72.0. The highest BCUT2D eigenvalue weighted by atomic mass is 35.5. The van der Waals surface area contributed by atoms with E-state index in [1.54, 1.807) is 24.3 Å². The summed E-state index contributed by atoms with van der Waals surface area (Å²) in [7, 11) is 2.98. The number of benzene rings is 3. The first-order chi connectivity index (χ1) is 25.1. The second-order valence-electron chi connectivity index (χ2n) is 12.0. The van der Waals surface area contributed by atoms with Crippen LogP contribution in [0.4, 0.5) is 5.69 Å². The van der Waals surface area contributed by atoms with Crippen molar-refractivity contribution in [3.63, 3.8) is 0 Å². The minimum absolute atomic E-state index is 0.0691. The Kier molecular flexibility index (Phi) is 18.1. The van der Waals surface area contributed by atoms with Gasteiger partial charge in [0.1, 0.15) is 0 Å². The molecule has 0 atom stereocenters. The predicted molar refractivity (Wildman–Crippen MR) is 200 cm³/mol. The molecule has 0 aliphatic heterocycles. The number of carbonyl (C=O) groups is 5. The van der Waals surface area contributed by atoms with E-state index in [-0.39, 0.29) is 78.0 Å². The number of hydrogen-bond acceptors (Lipinski definition) is 8. The summed E-state index contributed by atoms with van der Waals surface area (Å²) in [6, 6.07) is 25.9. The van der Waals surface area contributed by atoms with E-state index in [1.807, 2.05) is 60.7 Å². The molecule has 0 unspecified atom stereocenters. The number of amides is 5. The van der Waals surface area contributed by atoms with Crippen LogP contribution in [-0.4, -0.2) is 135 Å². The van der Waals surface area contributed by atoms with Crippen molar-refractivity contribution in [1.29, 1.82) is 0 Å². The molecule has 0 saturated heterocycles. The molecule has 280 valence electrons. The second kappa shape index (κ2) is 22.8. The Hall–Kier alpha value is -4.98. The van der Waals surface area contributed by atoms with E-state index in [9.17, 15) is 24.0 Å². The van der Waals surface area contributed by atoms with Gasteiger partial charge in [0.15, 0.2) is 0 Å². The molecule has 0 aromatic heterocycles. The Balaban J connectivity index is 1.77. The molecular weight excluding hydrogens is 688 g/mol. The molecule has 5 amide bonds. The van der Waals surface area contributed by atoms with E-state index < -0.39 is 23.6 Å². The van der Waals surface area contributed by atoms with Crippen molar-refractivity contribution in [2.75, 3.05) is 91.7 Å². The van der Waals surface area contributed by atoms with Gasteiger partial charge in [0, 0.05) is 51.1 Å². The molecule has 14 heteroatoms. The largest absolute Gasteiger partial charge is 0.383 e. The maximum absolute atomic E-state index is 13.9. The molecule has 0 aliphatic rings. The number of halogens is 1. The Morgan fingerprint density at radius 2 is 0.981 bits per heavy atom. The van der Waals surface area contributed by atoms with Crippen molar-refractivity contribution in [3.05, 3.63) is 101 Å². The molecular formula is C38H49ClN6O7. The van der Waals surface area contributed by atoms with Gasteiger partial charge in [0.2, 0.25) is 29.5 Å². The monoisotopic (exact) mass is 736 g/mol. The van der Waals surface area contributed by atoms with Crippen LogP contribution in [-0.2, 0) is 46.3 Å². The van der Waals surface area contributed by atoms with Gasteiger partial charge in [-0.2, -0.15) is 0 Å². The fraction of sp³-hybridized carbons (Fsp3) is 0.395. The molecule has 3 rings (SSSR count). The van der Waals surface area contributed by atoms with Crippen LogP contribution in [0.3, 0.4) is 0 Å². The lowest BCUT2D eigenvalue weighted by atomic mass is 10.1. The summed E-state index contributed by atoms with van der Waals surface area (Å²) in [6.07, 6.45) is 0.939. The lowest BCUT2D eigenvalue weighted by Gasteiger charge is -2.31. The highest BCUT2D eigenvalue weighted by Gasteiger charge is 2.27. The van der Waals surface area contributed by atoms with Gasteiger partial charge in [-0.05, 0) is 48.2 Å². The predicted octanol–water partition coefficient (Wildman–Crippen LogP) is 2.33. The van der Waals surface area contributed by atoms with Crippen LogP contribution in [0.25, 0.3) is 0 Å². The third kappa shape index (κ3) is 15.1. The van der Waals surface area contributed by atoms with Crippen LogP contribution in [0.2, 0.25) is 5.02 Å². The van der Waals surface area contributed by atoms with E-state index in [0.717, 1.165) is 11.1 Å². The van der Waals surface area contributed by atoms with Gasteiger partial charge in [-0.25, -0.2) is 0 Å². The van der Waals surface area contributed by atoms with Gasteiger partial charge in [-0.1, -0.05) is 72.3 Å². The van der Waals surface area contributed by atoms with Crippen molar-refractivity contribution in [2.24, 2.45) is 5.73 Å². The summed E-state index contributed by atoms with van der Waals surface area (Å²) in [5.41, 5.74) is 8.09. The van der Waals surface area contributed by atoms with Gasteiger partial charge >= 0.3 is 0 Å². The SMILES string of the molecule is COCCN(CC(=O)N(CCc1ccccc1)CC(=O)N(CCOC)CC(=O)N(CCc1ccccc1)CC(N)=O)C(=O)CNc1ccc(Cl)cc1. The first-order valence-electron chi connectivity index (χ1n) is 17.0. The summed E-state index contributed by atoms with van der Waals surface area (Å²) >= 11 is 5.98. The number of primary amides is 1. The van der Waals surface area contributed by atoms with Gasteiger partial charge in [-0.3, -0.25) is 24.0 Å². The summed E-state index contributed by atoms with van der Waals surface area (Å²) < 4.78 is 10.4. The summed E-state index contributed by atoms with van der Waals surface area (Å²) in [5, 5.41) is 3.61. The third-order valence-corrected chi connectivity index (χ3v) is 8.43. The third-order valence-electron chi connectivity index (χ3n) is 8.18. The lowest BCUT2D eigenvalue weighted by Crippen LogP contribution is -2.52. The maximum atomic E-state index is 13.9. The fourth-order valence-corrected chi connectivity index (χ4v) is 5.35. The second-order valence-corrected chi connectivity index (χ2v) is 12.5. The normalized spacial score (nSPS) is 10.7. The van der Waals surface area contributed by atoms with E-state index in [4.69, 9.17) is 26.8 Å². The summed E-state index contributed by atoms with van der Waals surface area (Å²) in [6.45, 7) is -0.431. The van der Waals surface area contributed by atoms with Crippen LogP contribution in [0.1, 0.15) is 11.1 Å². The molecule has 52 heavy (non-hydrogen) atoms. The van der Waals surface area contributed by atoms with E-state index in [2.05, 4.69) is 5.32 Å². The van der Waals surface area contributed by atoms with E-state index >= 15 is 0 Å². The van der Waals surface area contributed by atoms with Gasteiger partial charge in [0.05, 0.1) is 45.9 Å². The number of hydrogen-bond donors (Lipinski definition) is 2. The van der Waals surface area contributed by atoms with Crippen molar-refractivity contribution in [2.45, 2.75) is 12.8 Å². The topological polar surface area (TPSA) is 155 Å². The van der Waals surface area contributed by atoms with E-state index in [1.165, 1.54) is 33.8 Å². The van der Waals surface area contributed by atoms with Crippen molar-refractivity contribution < 1.29 is 33.4 Å². The number of nitrogens with one attached hydrogen (secondary N) is 1. The number of carbonyl (C=O) groups excluding carboxylic acids is 5. The van der Waals surface area contributed by atoms with Crippen molar-refractivity contribution in [3.8, 4) is 0 Å². The molecule has 0 spiro atoms. The highest BCUT2D eigenvalue weighted by Crippen LogP contribution is 2.13. The number of ether oxygens (including phenoxy) is 2. The quantitative estimate of drug-likeness (QED) is 0.150. The maximum Gasteiger partial charge on any atom is 0.242 e. The van der Waals surface area contributed by atoms with Crippen LogP contribution >= 0.6 is 11.6 Å². The number of nitrogens with two attached hydrogens (primary N) is 1. The first-order valence-corrected chi connectivity index (χ1v) is 17.4. The first kappa shape index (κ1) is 41.4. The molecule has 0 saturated carbocycles. The van der Waals surface area contributed by atoms with Crippen LogP contribution in [0, 0.1) is 0 Å². The zero-order chi connectivity index (χ0) is 37.7. The molecule has 0 aliphatic carbocycles. The molecule has 3 N–H and O–H groups in total. The molecule has 3 aromatic carbocycles. The van der Waals surface area contributed by atoms with Crippen LogP contribution in [0.15, 0.2) is 84.9 Å². The molecule has 0 bridgehead atoms.